The fraction of sp³-hybridized carbons (Fsp3) is 0.562. The Morgan fingerprint density at radius 3 is 2.56 bits per heavy atom. The van der Waals surface area contributed by atoms with Crippen LogP contribution in [0.1, 0.15) is 24.8 Å². The molecule has 1 fully saturated rings. The molecule has 3 N–H and O–H groups in total. The van der Waals surface area contributed by atoms with Crippen molar-refractivity contribution in [2.45, 2.75) is 24.7 Å². The number of hydrogen-bond acceptors (Lipinski definition) is 3. The van der Waals surface area contributed by atoms with Crippen LogP contribution in [-0.2, 0) is 15.4 Å². The molecule has 0 spiro atoms. The van der Waals surface area contributed by atoms with Crippen LogP contribution in [0.15, 0.2) is 33.7 Å². The molecular formula is C16H26BrIN4O2S. The Kier molecular flexibility index (Phi) is 9.13. The van der Waals surface area contributed by atoms with Crippen molar-refractivity contribution >= 4 is 55.9 Å². The second-order valence-electron chi connectivity index (χ2n) is 6.16. The molecule has 1 aliphatic rings. The average molecular weight is 545 g/mol. The third-order valence-corrected chi connectivity index (χ3v) is 5.34. The van der Waals surface area contributed by atoms with Crippen molar-refractivity contribution in [3.63, 3.8) is 0 Å². The zero-order valence-corrected chi connectivity index (χ0v) is 19.2. The van der Waals surface area contributed by atoms with Gasteiger partial charge < -0.3 is 10.6 Å². The van der Waals surface area contributed by atoms with Gasteiger partial charge in [-0.15, -0.1) is 24.0 Å². The number of halogens is 2. The molecule has 0 atom stereocenters. The van der Waals surface area contributed by atoms with Crippen LogP contribution in [-0.4, -0.2) is 47.3 Å². The van der Waals surface area contributed by atoms with Gasteiger partial charge in [0.1, 0.15) is 0 Å². The molecule has 0 bridgehead atoms. The molecular weight excluding hydrogens is 519 g/mol. The van der Waals surface area contributed by atoms with Crippen LogP contribution in [0.5, 0.6) is 0 Å². The van der Waals surface area contributed by atoms with Crippen molar-refractivity contribution in [2.75, 3.05) is 32.9 Å². The molecule has 0 aliphatic heterocycles. The predicted octanol–water partition coefficient (Wildman–Crippen LogP) is 2.20. The van der Waals surface area contributed by atoms with Gasteiger partial charge in [0.15, 0.2) is 5.96 Å². The lowest BCUT2D eigenvalue weighted by atomic mass is 9.96. The van der Waals surface area contributed by atoms with Crippen molar-refractivity contribution in [3.05, 3.63) is 34.3 Å². The third-order valence-electron chi connectivity index (χ3n) is 4.12. The first-order chi connectivity index (χ1) is 11.3. The molecule has 142 valence electrons. The van der Waals surface area contributed by atoms with Crippen molar-refractivity contribution < 1.29 is 8.42 Å². The topological polar surface area (TPSA) is 82.6 Å². The van der Waals surface area contributed by atoms with E-state index in [1.54, 1.807) is 7.05 Å². The number of nitrogens with zero attached hydrogens (tertiary/aromatic N) is 1. The highest BCUT2D eigenvalue weighted by Crippen LogP contribution is 2.48. The number of nitrogens with one attached hydrogen (secondary N) is 3. The van der Waals surface area contributed by atoms with Gasteiger partial charge in [-0.3, -0.25) is 4.99 Å². The van der Waals surface area contributed by atoms with Crippen LogP contribution in [0.2, 0.25) is 0 Å². The van der Waals surface area contributed by atoms with Crippen LogP contribution in [0, 0.1) is 0 Å². The second-order valence-corrected chi connectivity index (χ2v) is 8.91. The van der Waals surface area contributed by atoms with E-state index in [9.17, 15) is 8.42 Å². The molecule has 0 amide bonds. The quantitative estimate of drug-likeness (QED) is 0.203. The number of aliphatic imine (C=N–C) groups is 1. The van der Waals surface area contributed by atoms with Gasteiger partial charge in [-0.05, 0) is 37.0 Å². The van der Waals surface area contributed by atoms with E-state index in [0.717, 1.165) is 23.2 Å². The van der Waals surface area contributed by atoms with Gasteiger partial charge >= 0.3 is 0 Å². The fourth-order valence-corrected chi connectivity index (χ4v) is 3.48. The van der Waals surface area contributed by atoms with Crippen molar-refractivity contribution in [2.24, 2.45) is 4.99 Å². The molecule has 1 aromatic rings. The standard InChI is InChI=1S/C16H25BrN4O2S.HI/c1-18-15(19-9-4-10-21-24(2,22)23)20-12-16(7-8-16)13-5-3-6-14(17)11-13;/h3,5-6,11,21H,4,7-10,12H2,1-2H3,(H2,18,19,20);1H. The van der Waals surface area contributed by atoms with Crippen molar-refractivity contribution in [3.8, 4) is 0 Å². The van der Waals surface area contributed by atoms with E-state index in [1.165, 1.54) is 18.4 Å². The summed E-state index contributed by atoms with van der Waals surface area (Å²) in [6.45, 7) is 1.92. The van der Waals surface area contributed by atoms with E-state index in [2.05, 4.69) is 54.5 Å². The predicted molar refractivity (Wildman–Crippen MR) is 117 cm³/mol. The molecule has 0 radical (unpaired) electrons. The van der Waals surface area contributed by atoms with E-state index >= 15 is 0 Å². The summed E-state index contributed by atoms with van der Waals surface area (Å²) in [7, 11) is -1.37. The van der Waals surface area contributed by atoms with E-state index in [-0.39, 0.29) is 29.4 Å². The summed E-state index contributed by atoms with van der Waals surface area (Å²) >= 11 is 3.53. The first-order valence-corrected chi connectivity index (χ1v) is 10.7. The molecule has 0 saturated heterocycles. The van der Waals surface area contributed by atoms with E-state index in [4.69, 9.17) is 0 Å². The largest absolute Gasteiger partial charge is 0.356 e. The van der Waals surface area contributed by atoms with Gasteiger partial charge in [0.05, 0.1) is 6.26 Å². The Morgan fingerprint density at radius 1 is 1.28 bits per heavy atom. The summed E-state index contributed by atoms with van der Waals surface area (Å²) in [5, 5.41) is 6.60. The van der Waals surface area contributed by atoms with E-state index in [0.29, 0.717) is 19.5 Å². The van der Waals surface area contributed by atoms with E-state index < -0.39 is 10.0 Å². The Labute approximate surface area is 175 Å². The minimum absolute atomic E-state index is 0. The SMILES string of the molecule is CN=C(NCCCNS(C)(=O)=O)NCC1(c2cccc(Br)c2)CC1.I. The van der Waals surface area contributed by atoms with Crippen LogP contribution in [0.3, 0.4) is 0 Å². The molecule has 25 heavy (non-hydrogen) atoms. The summed E-state index contributed by atoms with van der Waals surface area (Å²) < 4.78 is 25.6. The number of benzene rings is 1. The van der Waals surface area contributed by atoms with Crippen molar-refractivity contribution in [1.82, 2.24) is 15.4 Å². The highest BCUT2D eigenvalue weighted by Gasteiger charge is 2.44. The maximum atomic E-state index is 11.0. The minimum Gasteiger partial charge on any atom is -0.356 e. The summed E-state index contributed by atoms with van der Waals surface area (Å²) in [6, 6.07) is 8.47. The first-order valence-electron chi connectivity index (χ1n) is 8.00. The minimum atomic E-state index is -3.11. The van der Waals surface area contributed by atoms with Crippen molar-refractivity contribution in [1.29, 1.82) is 0 Å². The summed E-state index contributed by atoms with van der Waals surface area (Å²) in [5.74, 6) is 0.746. The highest BCUT2D eigenvalue weighted by molar-refractivity contribution is 14.0. The monoisotopic (exact) mass is 544 g/mol. The fourth-order valence-electron chi connectivity index (χ4n) is 2.56. The maximum Gasteiger partial charge on any atom is 0.208 e. The molecule has 1 saturated carbocycles. The van der Waals surface area contributed by atoms with Crippen LogP contribution in [0.25, 0.3) is 0 Å². The summed E-state index contributed by atoms with van der Waals surface area (Å²) in [5.41, 5.74) is 1.54. The lowest BCUT2D eigenvalue weighted by molar-refractivity contribution is 0.584. The number of rotatable bonds is 8. The summed E-state index contributed by atoms with van der Waals surface area (Å²) in [4.78, 5) is 4.22. The molecule has 0 heterocycles. The van der Waals surface area contributed by atoms with Gasteiger partial charge in [-0.25, -0.2) is 13.1 Å². The molecule has 2 rings (SSSR count). The Bertz CT molecular complexity index is 693. The number of sulfonamides is 1. The smallest absolute Gasteiger partial charge is 0.208 e. The Hall–Kier alpha value is -0.390. The van der Waals surface area contributed by atoms with Gasteiger partial charge in [0, 0.05) is 36.6 Å². The molecule has 1 aliphatic carbocycles. The number of guanidine groups is 1. The summed E-state index contributed by atoms with van der Waals surface area (Å²) in [6.07, 6.45) is 4.21. The molecule has 9 heteroatoms. The average Bonchev–Trinajstić information content (AvgIpc) is 3.30. The highest BCUT2D eigenvalue weighted by atomic mass is 127. The molecule has 1 aromatic carbocycles. The molecule has 6 nitrogen and oxygen atoms in total. The van der Waals surface area contributed by atoms with E-state index in [1.807, 2.05) is 6.07 Å². The zero-order valence-electron chi connectivity index (χ0n) is 14.5. The van der Waals surface area contributed by atoms with Crippen LogP contribution < -0.4 is 15.4 Å². The Morgan fingerprint density at radius 2 is 2.00 bits per heavy atom. The first kappa shape index (κ1) is 22.7. The lowest BCUT2D eigenvalue weighted by Gasteiger charge is -2.19. The number of hydrogen-bond donors (Lipinski definition) is 3. The zero-order chi connectivity index (χ0) is 17.6. The lowest BCUT2D eigenvalue weighted by Crippen LogP contribution is -2.42. The van der Waals surface area contributed by atoms with Crippen LogP contribution in [0.4, 0.5) is 0 Å². The van der Waals surface area contributed by atoms with Gasteiger partial charge in [0.25, 0.3) is 0 Å². The van der Waals surface area contributed by atoms with Gasteiger partial charge in [-0.1, -0.05) is 28.1 Å². The van der Waals surface area contributed by atoms with Gasteiger partial charge in [0.2, 0.25) is 10.0 Å². The maximum absolute atomic E-state index is 11.0. The third kappa shape index (κ3) is 7.79. The van der Waals surface area contributed by atoms with Gasteiger partial charge in [-0.2, -0.15) is 0 Å². The van der Waals surface area contributed by atoms with Crippen LogP contribution >= 0.6 is 39.9 Å². The molecule has 0 unspecified atom stereocenters. The second kappa shape index (κ2) is 10.1. The normalized spacial score (nSPS) is 16.0. The Balaban J connectivity index is 0.00000312. The molecule has 0 aromatic heterocycles.